The van der Waals surface area contributed by atoms with Crippen molar-refractivity contribution in [3.63, 3.8) is 0 Å². The average Bonchev–Trinajstić information content (AvgIpc) is 3.45. The van der Waals surface area contributed by atoms with Gasteiger partial charge >= 0.3 is 0 Å². The lowest BCUT2D eigenvalue weighted by molar-refractivity contribution is 0.415. The summed E-state index contributed by atoms with van der Waals surface area (Å²) < 4.78 is 35.4. The zero-order valence-electron chi connectivity index (χ0n) is 18.0. The lowest BCUT2D eigenvalue weighted by Gasteiger charge is -2.19. The van der Waals surface area contributed by atoms with E-state index in [0.29, 0.717) is 24.4 Å². The predicted octanol–water partition coefficient (Wildman–Crippen LogP) is 4.05. The van der Waals surface area contributed by atoms with Crippen LogP contribution in [0.5, 0.6) is 5.75 Å². The molecule has 8 heteroatoms. The highest BCUT2D eigenvalue weighted by molar-refractivity contribution is 7.89. The Balaban J connectivity index is 1.53. The van der Waals surface area contributed by atoms with E-state index in [4.69, 9.17) is 9.72 Å². The van der Waals surface area contributed by atoms with Crippen molar-refractivity contribution < 1.29 is 13.2 Å². The lowest BCUT2D eigenvalue weighted by Crippen LogP contribution is -2.29. The van der Waals surface area contributed by atoms with Gasteiger partial charge in [0.25, 0.3) is 0 Å². The molecule has 164 valence electrons. The average molecular weight is 449 g/mol. The Morgan fingerprint density at radius 2 is 1.78 bits per heavy atom. The van der Waals surface area contributed by atoms with Gasteiger partial charge in [-0.05, 0) is 61.9 Å². The van der Waals surface area contributed by atoms with E-state index in [-0.39, 0.29) is 6.04 Å². The summed E-state index contributed by atoms with van der Waals surface area (Å²) in [6, 6.07) is 18.5. The van der Waals surface area contributed by atoms with E-state index >= 15 is 0 Å². The molecule has 0 saturated carbocycles. The first-order chi connectivity index (χ1) is 15.5. The molecule has 2 aromatic carbocycles. The van der Waals surface area contributed by atoms with Crippen molar-refractivity contribution in [2.45, 2.75) is 24.3 Å². The standard InChI is InChI=1S/C24H24N4O3S/c1-17-5-11-21(12-6-17)32(29,30)27-15-13-19(16-27)28-23(18-7-9-20(31-2)10-8-18)26-22-4-3-14-25-24(22)28/h3-12,14,19H,13,15-16H2,1-2H3/t19-/m1/s1. The fourth-order valence-electron chi connectivity index (χ4n) is 4.22. The van der Waals surface area contributed by atoms with Crippen LogP contribution in [-0.4, -0.2) is 47.5 Å². The van der Waals surface area contributed by atoms with Gasteiger partial charge in [0, 0.05) is 24.8 Å². The van der Waals surface area contributed by atoms with Gasteiger partial charge in [0.15, 0.2) is 5.65 Å². The highest BCUT2D eigenvalue weighted by Gasteiger charge is 2.35. The number of nitrogens with zero attached hydrogens (tertiary/aromatic N) is 4. The molecule has 0 aliphatic carbocycles. The maximum Gasteiger partial charge on any atom is 0.243 e. The third kappa shape index (κ3) is 3.55. The number of benzene rings is 2. The third-order valence-electron chi connectivity index (χ3n) is 5.95. The number of sulfonamides is 1. The van der Waals surface area contributed by atoms with Gasteiger partial charge < -0.3 is 9.30 Å². The zero-order chi connectivity index (χ0) is 22.3. The van der Waals surface area contributed by atoms with Gasteiger partial charge in [-0.1, -0.05) is 17.7 Å². The molecule has 32 heavy (non-hydrogen) atoms. The van der Waals surface area contributed by atoms with E-state index in [2.05, 4.69) is 9.55 Å². The van der Waals surface area contributed by atoms with Crippen LogP contribution in [0.3, 0.4) is 0 Å². The molecule has 1 aliphatic rings. The molecular formula is C24H24N4O3S. The van der Waals surface area contributed by atoms with Crippen molar-refractivity contribution in [1.29, 1.82) is 0 Å². The SMILES string of the molecule is COc1ccc(-c2nc3cccnc3n2[C@@H]2CCN(S(=O)(=O)c3ccc(C)cc3)C2)cc1. The molecule has 4 aromatic rings. The van der Waals surface area contributed by atoms with Crippen LogP contribution in [0.25, 0.3) is 22.6 Å². The Labute approximate surface area is 187 Å². The zero-order valence-corrected chi connectivity index (χ0v) is 18.8. The van der Waals surface area contributed by atoms with Gasteiger partial charge in [-0.3, -0.25) is 0 Å². The number of aryl methyl sites for hydroxylation is 1. The second kappa shape index (κ2) is 8.03. The summed E-state index contributed by atoms with van der Waals surface area (Å²) in [5.41, 5.74) is 3.52. The Bertz CT molecular complexity index is 1360. The molecule has 7 nitrogen and oxygen atoms in total. The van der Waals surface area contributed by atoms with Gasteiger partial charge in [0.05, 0.1) is 18.0 Å². The van der Waals surface area contributed by atoms with Crippen LogP contribution in [0.4, 0.5) is 0 Å². The van der Waals surface area contributed by atoms with Crippen molar-refractivity contribution in [3.8, 4) is 17.1 Å². The lowest BCUT2D eigenvalue weighted by atomic mass is 10.2. The van der Waals surface area contributed by atoms with Crippen LogP contribution in [0.15, 0.2) is 71.8 Å². The van der Waals surface area contributed by atoms with Crippen molar-refractivity contribution in [2.24, 2.45) is 0 Å². The molecule has 0 radical (unpaired) electrons. The molecule has 0 unspecified atom stereocenters. The van der Waals surface area contributed by atoms with E-state index < -0.39 is 10.0 Å². The number of imidazole rings is 1. The molecule has 0 N–H and O–H groups in total. The van der Waals surface area contributed by atoms with Gasteiger partial charge in [-0.2, -0.15) is 4.31 Å². The molecule has 0 spiro atoms. The molecule has 0 bridgehead atoms. The van der Waals surface area contributed by atoms with Crippen LogP contribution in [-0.2, 0) is 10.0 Å². The number of hydrogen-bond acceptors (Lipinski definition) is 5. The minimum Gasteiger partial charge on any atom is -0.497 e. The third-order valence-corrected chi connectivity index (χ3v) is 7.83. The van der Waals surface area contributed by atoms with Gasteiger partial charge in [-0.15, -0.1) is 0 Å². The van der Waals surface area contributed by atoms with Crippen LogP contribution in [0.1, 0.15) is 18.0 Å². The fourth-order valence-corrected chi connectivity index (χ4v) is 5.71. The largest absolute Gasteiger partial charge is 0.497 e. The van der Waals surface area contributed by atoms with E-state index in [1.807, 2.05) is 55.5 Å². The van der Waals surface area contributed by atoms with E-state index in [1.54, 1.807) is 29.7 Å². The predicted molar refractivity (Wildman–Crippen MR) is 123 cm³/mol. The van der Waals surface area contributed by atoms with Gasteiger partial charge in [0.1, 0.15) is 17.1 Å². The first kappa shape index (κ1) is 20.7. The second-order valence-corrected chi connectivity index (χ2v) is 9.94. The highest BCUT2D eigenvalue weighted by Crippen LogP contribution is 2.34. The molecule has 2 aromatic heterocycles. The van der Waals surface area contributed by atoms with Crippen LogP contribution >= 0.6 is 0 Å². The number of fused-ring (bicyclic) bond motifs is 1. The Hall–Kier alpha value is -3.23. The Kier molecular flexibility index (Phi) is 5.19. The summed E-state index contributed by atoms with van der Waals surface area (Å²) in [4.78, 5) is 9.72. The van der Waals surface area contributed by atoms with Crippen molar-refractivity contribution >= 4 is 21.2 Å². The van der Waals surface area contributed by atoms with Crippen LogP contribution < -0.4 is 4.74 Å². The van der Waals surface area contributed by atoms with Crippen LogP contribution in [0, 0.1) is 6.92 Å². The van der Waals surface area contributed by atoms with E-state index in [1.165, 1.54) is 0 Å². The monoisotopic (exact) mass is 448 g/mol. The topological polar surface area (TPSA) is 77.3 Å². The molecule has 1 saturated heterocycles. The van der Waals surface area contributed by atoms with Crippen molar-refractivity contribution in [1.82, 2.24) is 18.8 Å². The van der Waals surface area contributed by atoms with Crippen molar-refractivity contribution in [3.05, 3.63) is 72.4 Å². The number of methoxy groups -OCH3 is 1. The summed E-state index contributed by atoms with van der Waals surface area (Å²) in [5.74, 6) is 1.55. The maximum absolute atomic E-state index is 13.2. The first-order valence-corrected chi connectivity index (χ1v) is 12.0. The summed E-state index contributed by atoms with van der Waals surface area (Å²) >= 11 is 0. The highest BCUT2D eigenvalue weighted by atomic mass is 32.2. The van der Waals surface area contributed by atoms with Crippen LogP contribution in [0.2, 0.25) is 0 Å². The Morgan fingerprint density at radius 1 is 1.03 bits per heavy atom. The first-order valence-electron chi connectivity index (χ1n) is 10.5. The normalized spacial score (nSPS) is 17.1. The van der Waals surface area contributed by atoms with E-state index in [9.17, 15) is 8.42 Å². The second-order valence-electron chi connectivity index (χ2n) is 8.00. The summed E-state index contributed by atoms with van der Waals surface area (Å²) in [6.45, 7) is 2.77. The number of pyridine rings is 1. The summed E-state index contributed by atoms with van der Waals surface area (Å²) in [6.07, 6.45) is 2.43. The van der Waals surface area contributed by atoms with Crippen molar-refractivity contribution in [2.75, 3.05) is 20.2 Å². The fraction of sp³-hybridized carbons (Fsp3) is 0.250. The molecule has 1 aliphatic heterocycles. The van der Waals surface area contributed by atoms with Gasteiger partial charge in [0.2, 0.25) is 10.0 Å². The number of ether oxygens (including phenoxy) is 1. The Morgan fingerprint density at radius 3 is 2.50 bits per heavy atom. The number of rotatable bonds is 5. The minimum atomic E-state index is -3.56. The maximum atomic E-state index is 13.2. The quantitative estimate of drug-likeness (QED) is 0.460. The molecule has 5 rings (SSSR count). The molecule has 0 amide bonds. The molecular weight excluding hydrogens is 424 g/mol. The summed E-state index contributed by atoms with van der Waals surface area (Å²) in [5, 5.41) is 0. The van der Waals surface area contributed by atoms with E-state index in [0.717, 1.165) is 33.9 Å². The van der Waals surface area contributed by atoms with Gasteiger partial charge in [-0.25, -0.2) is 18.4 Å². The summed E-state index contributed by atoms with van der Waals surface area (Å²) in [7, 11) is -1.92. The smallest absolute Gasteiger partial charge is 0.243 e. The molecule has 3 heterocycles. The molecule has 1 atom stereocenters. The molecule has 1 fully saturated rings. The minimum absolute atomic E-state index is 0.0628. The number of aromatic nitrogens is 3. The number of hydrogen-bond donors (Lipinski definition) is 0.